The van der Waals surface area contributed by atoms with Gasteiger partial charge in [0.1, 0.15) is 16.7 Å². The Morgan fingerprint density at radius 1 is 1.29 bits per heavy atom. The molecular weight excluding hydrogens is 352 g/mol. The number of hydrogen-bond donors (Lipinski definition) is 2. The summed E-state index contributed by atoms with van der Waals surface area (Å²) >= 11 is 5.98. The van der Waals surface area contributed by atoms with E-state index in [1.807, 2.05) is 13.8 Å². The van der Waals surface area contributed by atoms with Gasteiger partial charge in [0.25, 0.3) is 0 Å². The van der Waals surface area contributed by atoms with E-state index < -0.39 is 10.0 Å². The maximum absolute atomic E-state index is 12.8. The first kappa shape index (κ1) is 21.2. The van der Waals surface area contributed by atoms with Crippen LogP contribution in [0.5, 0.6) is 5.75 Å². The van der Waals surface area contributed by atoms with Gasteiger partial charge in [0, 0.05) is 24.7 Å². The summed E-state index contributed by atoms with van der Waals surface area (Å²) in [4.78, 5) is 0.000147. The minimum atomic E-state index is -3.81. The lowest BCUT2D eigenvalue weighted by Crippen LogP contribution is -2.41. The minimum absolute atomic E-state index is 0.000147. The molecule has 2 unspecified atom stereocenters. The number of ether oxygens (including phenoxy) is 2. The second-order valence-electron chi connectivity index (χ2n) is 6.16. The zero-order valence-corrected chi connectivity index (χ0v) is 16.2. The van der Waals surface area contributed by atoms with Gasteiger partial charge in [-0.1, -0.05) is 25.4 Å². The first-order chi connectivity index (χ1) is 11.2. The Morgan fingerprint density at radius 2 is 1.96 bits per heavy atom. The molecular formula is C16H27ClN2O4S. The molecule has 138 valence electrons. The standard InChI is InChI=1S/C16H27ClN2O4S/c1-11(2)7-14(9-18)19-24(20,21)16-8-13(17)5-6-15(16)23-12(3)10-22-4/h5-6,8,11-12,14,19H,7,9-10,18H2,1-4H3. The first-order valence-electron chi connectivity index (χ1n) is 7.87. The Balaban J connectivity index is 3.10. The Labute approximate surface area is 149 Å². The van der Waals surface area contributed by atoms with Gasteiger partial charge in [-0.25, -0.2) is 13.1 Å². The van der Waals surface area contributed by atoms with Gasteiger partial charge >= 0.3 is 0 Å². The molecule has 0 spiro atoms. The molecule has 0 aromatic heterocycles. The molecule has 3 N–H and O–H groups in total. The van der Waals surface area contributed by atoms with E-state index in [2.05, 4.69) is 4.72 Å². The van der Waals surface area contributed by atoms with Crippen LogP contribution in [0.4, 0.5) is 0 Å². The van der Waals surface area contributed by atoms with E-state index >= 15 is 0 Å². The number of benzene rings is 1. The summed E-state index contributed by atoms with van der Waals surface area (Å²) in [6.45, 7) is 6.38. The number of methoxy groups -OCH3 is 1. The van der Waals surface area contributed by atoms with Crippen molar-refractivity contribution in [1.82, 2.24) is 4.72 Å². The van der Waals surface area contributed by atoms with Crippen molar-refractivity contribution in [3.8, 4) is 5.75 Å². The largest absolute Gasteiger partial charge is 0.487 e. The van der Waals surface area contributed by atoms with E-state index in [1.165, 1.54) is 6.07 Å². The van der Waals surface area contributed by atoms with Crippen LogP contribution in [0.15, 0.2) is 23.1 Å². The molecule has 0 aliphatic carbocycles. The van der Waals surface area contributed by atoms with Crippen LogP contribution in [-0.2, 0) is 14.8 Å². The van der Waals surface area contributed by atoms with Crippen LogP contribution in [0.1, 0.15) is 27.2 Å². The third-order valence-corrected chi connectivity index (χ3v) is 5.06. The van der Waals surface area contributed by atoms with Crippen LogP contribution in [0.2, 0.25) is 5.02 Å². The summed E-state index contributed by atoms with van der Waals surface area (Å²) in [5.41, 5.74) is 5.69. The van der Waals surface area contributed by atoms with E-state index in [9.17, 15) is 8.42 Å². The normalized spacial score (nSPS) is 14.6. The Morgan fingerprint density at radius 3 is 2.50 bits per heavy atom. The summed E-state index contributed by atoms with van der Waals surface area (Å²) < 4.78 is 38.9. The maximum Gasteiger partial charge on any atom is 0.244 e. The van der Waals surface area contributed by atoms with Crippen molar-refractivity contribution >= 4 is 21.6 Å². The van der Waals surface area contributed by atoms with Crippen LogP contribution in [0.3, 0.4) is 0 Å². The Kier molecular flexibility index (Phi) is 8.45. The minimum Gasteiger partial charge on any atom is -0.487 e. The number of sulfonamides is 1. The highest BCUT2D eigenvalue weighted by Crippen LogP contribution is 2.28. The fourth-order valence-electron chi connectivity index (χ4n) is 2.32. The highest BCUT2D eigenvalue weighted by Gasteiger charge is 2.25. The van der Waals surface area contributed by atoms with Gasteiger partial charge in [0.15, 0.2) is 0 Å². The van der Waals surface area contributed by atoms with E-state index in [0.717, 1.165) is 0 Å². The molecule has 0 saturated carbocycles. The molecule has 0 aliphatic heterocycles. The van der Waals surface area contributed by atoms with Crippen molar-refractivity contribution in [3.05, 3.63) is 23.2 Å². The van der Waals surface area contributed by atoms with Crippen LogP contribution in [0, 0.1) is 5.92 Å². The average Bonchev–Trinajstić information content (AvgIpc) is 2.47. The molecule has 24 heavy (non-hydrogen) atoms. The highest BCUT2D eigenvalue weighted by atomic mass is 35.5. The molecule has 1 aromatic carbocycles. The fraction of sp³-hybridized carbons (Fsp3) is 0.625. The number of nitrogens with one attached hydrogen (secondary N) is 1. The predicted octanol–water partition coefficient (Wildman–Crippen LogP) is 2.41. The highest BCUT2D eigenvalue weighted by molar-refractivity contribution is 7.89. The topological polar surface area (TPSA) is 90.6 Å². The van der Waals surface area contributed by atoms with Crippen LogP contribution < -0.4 is 15.2 Å². The first-order valence-corrected chi connectivity index (χ1v) is 9.73. The van der Waals surface area contributed by atoms with Crippen LogP contribution in [0.25, 0.3) is 0 Å². The van der Waals surface area contributed by atoms with Crippen molar-refractivity contribution in [2.24, 2.45) is 11.7 Å². The van der Waals surface area contributed by atoms with Crippen molar-refractivity contribution < 1.29 is 17.9 Å². The summed E-state index contributed by atoms with van der Waals surface area (Å²) in [5.74, 6) is 0.551. The molecule has 0 amide bonds. The van der Waals surface area contributed by atoms with Gasteiger partial charge in [-0.2, -0.15) is 0 Å². The third-order valence-electron chi connectivity index (χ3n) is 3.29. The maximum atomic E-state index is 12.8. The lowest BCUT2D eigenvalue weighted by atomic mass is 10.1. The monoisotopic (exact) mass is 378 g/mol. The van der Waals surface area contributed by atoms with Gasteiger partial charge in [-0.15, -0.1) is 0 Å². The van der Waals surface area contributed by atoms with Gasteiger partial charge in [-0.05, 0) is 37.5 Å². The molecule has 0 radical (unpaired) electrons. The lowest BCUT2D eigenvalue weighted by Gasteiger charge is -2.21. The molecule has 1 rings (SSSR count). The van der Waals surface area contributed by atoms with Gasteiger partial charge in [0.05, 0.1) is 6.61 Å². The van der Waals surface area contributed by atoms with Crippen LogP contribution in [-0.4, -0.2) is 40.8 Å². The number of hydrogen-bond acceptors (Lipinski definition) is 5. The number of nitrogens with two attached hydrogens (primary N) is 1. The number of rotatable bonds is 10. The van der Waals surface area contributed by atoms with E-state index in [-0.39, 0.29) is 29.3 Å². The smallest absolute Gasteiger partial charge is 0.244 e. The lowest BCUT2D eigenvalue weighted by molar-refractivity contribution is 0.0901. The van der Waals surface area contributed by atoms with Crippen molar-refractivity contribution in [3.63, 3.8) is 0 Å². The molecule has 8 heteroatoms. The second-order valence-corrected chi connectivity index (χ2v) is 8.28. The summed E-state index contributed by atoms with van der Waals surface area (Å²) in [6, 6.07) is 4.16. The zero-order valence-electron chi connectivity index (χ0n) is 14.6. The molecule has 6 nitrogen and oxygen atoms in total. The molecule has 0 saturated heterocycles. The SMILES string of the molecule is COCC(C)Oc1ccc(Cl)cc1S(=O)(=O)NC(CN)CC(C)C. The zero-order chi connectivity index (χ0) is 18.3. The summed E-state index contributed by atoms with van der Waals surface area (Å²) in [5, 5.41) is 0.315. The van der Waals surface area contributed by atoms with Crippen molar-refractivity contribution in [2.45, 2.75) is 44.2 Å². The quantitative estimate of drug-likeness (QED) is 0.652. The van der Waals surface area contributed by atoms with Crippen molar-refractivity contribution in [2.75, 3.05) is 20.3 Å². The average molecular weight is 379 g/mol. The molecule has 0 fully saturated rings. The Hall–Kier alpha value is -0.860. The predicted molar refractivity (Wildman–Crippen MR) is 96.0 cm³/mol. The van der Waals surface area contributed by atoms with Crippen LogP contribution >= 0.6 is 11.6 Å². The molecule has 0 heterocycles. The molecule has 0 aliphatic rings. The second kappa shape index (κ2) is 9.58. The third kappa shape index (κ3) is 6.57. The van der Waals surface area contributed by atoms with E-state index in [1.54, 1.807) is 26.2 Å². The van der Waals surface area contributed by atoms with Gasteiger partial charge in [-0.3, -0.25) is 0 Å². The Bertz CT molecular complexity index is 623. The fourth-order valence-corrected chi connectivity index (χ4v) is 3.98. The van der Waals surface area contributed by atoms with E-state index in [4.69, 9.17) is 26.8 Å². The number of halogens is 1. The summed E-state index contributed by atoms with van der Waals surface area (Å²) in [6.07, 6.45) is 0.345. The molecule has 2 atom stereocenters. The van der Waals surface area contributed by atoms with Crippen molar-refractivity contribution in [1.29, 1.82) is 0 Å². The molecule has 1 aromatic rings. The van der Waals surface area contributed by atoms with Gasteiger partial charge < -0.3 is 15.2 Å². The molecule has 0 bridgehead atoms. The van der Waals surface area contributed by atoms with Gasteiger partial charge in [0.2, 0.25) is 10.0 Å². The summed E-state index contributed by atoms with van der Waals surface area (Å²) in [7, 11) is -2.26. The van der Waals surface area contributed by atoms with E-state index in [0.29, 0.717) is 24.0 Å².